The van der Waals surface area contributed by atoms with Crippen molar-refractivity contribution in [2.75, 3.05) is 31.5 Å². The third kappa shape index (κ3) is 4.81. The molecular formula is C23H29BrN8O. The monoisotopic (exact) mass is 512 g/mol. The Labute approximate surface area is 201 Å². The smallest absolute Gasteiger partial charge is 0.314 e. The number of amides is 2. The number of anilines is 1. The highest BCUT2D eigenvalue weighted by atomic mass is 79.9. The van der Waals surface area contributed by atoms with Gasteiger partial charge in [-0.25, -0.2) is 9.78 Å². The zero-order chi connectivity index (χ0) is 22.8. The highest BCUT2D eigenvalue weighted by Gasteiger charge is 2.30. The molecule has 0 atom stereocenters. The lowest BCUT2D eigenvalue weighted by atomic mass is 9.91. The van der Waals surface area contributed by atoms with Gasteiger partial charge in [0.1, 0.15) is 5.82 Å². The number of halogens is 1. The number of pyridine rings is 1. The summed E-state index contributed by atoms with van der Waals surface area (Å²) in [7, 11) is 0. The molecule has 3 aromatic heterocycles. The molecule has 0 saturated carbocycles. The average molecular weight is 513 g/mol. The number of nitrogens with two attached hydrogens (primary N) is 1. The van der Waals surface area contributed by atoms with Crippen LogP contribution in [-0.4, -0.2) is 67.6 Å². The van der Waals surface area contributed by atoms with E-state index in [2.05, 4.69) is 48.4 Å². The number of urea groups is 1. The average Bonchev–Trinajstić information content (AvgIpc) is 3.24. The number of hydrogen-bond acceptors (Lipinski definition) is 6. The molecule has 10 heteroatoms. The Hall–Kier alpha value is -2.72. The van der Waals surface area contributed by atoms with Crippen LogP contribution in [0.5, 0.6) is 0 Å². The molecule has 2 aliphatic heterocycles. The minimum atomic E-state index is -0.299. The van der Waals surface area contributed by atoms with E-state index in [0.29, 0.717) is 18.5 Å². The normalized spacial score (nSPS) is 18.6. The van der Waals surface area contributed by atoms with Gasteiger partial charge in [-0.2, -0.15) is 9.61 Å². The van der Waals surface area contributed by atoms with Gasteiger partial charge in [0.15, 0.2) is 5.65 Å². The van der Waals surface area contributed by atoms with E-state index < -0.39 is 0 Å². The van der Waals surface area contributed by atoms with Crippen LogP contribution in [0.3, 0.4) is 0 Å². The first-order valence-corrected chi connectivity index (χ1v) is 12.3. The maximum absolute atomic E-state index is 11.4. The van der Waals surface area contributed by atoms with Crippen molar-refractivity contribution in [3.05, 3.63) is 52.5 Å². The molecule has 174 valence electrons. The summed E-state index contributed by atoms with van der Waals surface area (Å²) in [5.41, 5.74) is 8.50. The molecular weight excluding hydrogens is 484 g/mol. The molecule has 9 nitrogen and oxygen atoms in total. The van der Waals surface area contributed by atoms with Crippen LogP contribution < -0.4 is 11.1 Å². The lowest BCUT2D eigenvalue weighted by Gasteiger charge is -2.41. The summed E-state index contributed by atoms with van der Waals surface area (Å²) in [5.74, 6) is 1.35. The number of likely N-dealkylation sites (tertiary alicyclic amines) is 2. The third-order valence-corrected chi connectivity index (χ3v) is 7.44. The molecule has 2 saturated heterocycles. The Bertz CT molecular complexity index is 1100. The zero-order valence-corrected chi connectivity index (χ0v) is 20.1. The minimum Gasteiger partial charge on any atom is -0.366 e. The molecule has 0 unspecified atom stereocenters. The Balaban J connectivity index is 1.27. The van der Waals surface area contributed by atoms with Crippen molar-refractivity contribution in [3.8, 4) is 0 Å². The summed E-state index contributed by atoms with van der Waals surface area (Å²) in [5, 5.41) is 8.01. The standard InChI is InChI=1S/C23H29BrN8O/c24-19-15-28-32-21(27-14-16-2-1-7-26-13-16)12-20(29-22(19)32)17-3-8-30(9-4-17)18-5-10-31(11-6-18)23(25)33/h1-2,7,12-13,15,17-18,27H,3-6,8-11,14H2,(H2,25,33). The lowest BCUT2D eigenvalue weighted by Crippen LogP contribution is -2.50. The number of hydrogen-bond donors (Lipinski definition) is 2. The van der Waals surface area contributed by atoms with Gasteiger partial charge in [-0.15, -0.1) is 0 Å². The number of primary amides is 1. The number of rotatable bonds is 5. The van der Waals surface area contributed by atoms with Crippen LogP contribution in [0.15, 0.2) is 41.3 Å². The molecule has 3 aromatic rings. The van der Waals surface area contributed by atoms with Gasteiger partial charge in [0.25, 0.3) is 0 Å². The van der Waals surface area contributed by atoms with E-state index in [1.807, 2.05) is 16.8 Å². The summed E-state index contributed by atoms with van der Waals surface area (Å²) in [6.45, 7) is 4.31. The topological polar surface area (TPSA) is 105 Å². The molecule has 0 spiro atoms. The Morgan fingerprint density at radius 3 is 2.64 bits per heavy atom. The Morgan fingerprint density at radius 1 is 1.15 bits per heavy atom. The van der Waals surface area contributed by atoms with Crippen LogP contribution in [0.2, 0.25) is 0 Å². The largest absolute Gasteiger partial charge is 0.366 e. The van der Waals surface area contributed by atoms with Crippen molar-refractivity contribution in [3.63, 3.8) is 0 Å². The number of nitrogens with zero attached hydrogens (tertiary/aromatic N) is 6. The van der Waals surface area contributed by atoms with Crippen molar-refractivity contribution in [1.29, 1.82) is 0 Å². The molecule has 5 heterocycles. The summed E-state index contributed by atoms with van der Waals surface area (Å²) >= 11 is 3.60. The SMILES string of the molecule is NC(=O)N1CCC(N2CCC(c3cc(NCc4cccnc4)n4ncc(Br)c4n3)CC2)CC1. The molecule has 0 radical (unpaired) electrons. The van der Waals surface area contributed by atoms with Crippen LogP contribution in [0, 0.1) is 0 Å². The van der Waals surface area contributed by atoms with Gasteiger partial charge in [-0.3, -0.25) is 4.98 Å². The summed E-state index contributed by atoms with van der Waals surface area (Å²) in [6, 6.07) is 6.39. The number of carbonyl (C=O) groups is 1. The van der Waals surface area contributed by atoms with Gasteiger partial charge < -0.3 is 20.9 Å². The molecule has 2 amide bonds. The summed E-state index contributed by atoms with van der Waals surface area (Å²) in [6.07, 6.45) is 9.60. The van der Waals surface area contributed by atoms with Crippen molar-refractivity contribution >= 4 is 33.4 Å². The van der Waals surface area contributed by atoms with Gasteiger partial charge in [0.2, 0.25) is 0 Å². The van der Waals surface area contributed by atoms with Crippen molar-refractivity contribution in [2.45, 2.75) is 44.2 Å². The number of piperidine rings is 2. The molecule has 2 fully saturated rings. The molecule has 5 rings (SSSR count). The minimum absolute atomic E-state index is 0.299. The summed E-state index contributed by atoms with van der Waals surface area (Å²) < 4.78 is 2.75. The lowest BCUT2D eigenvalue weighted by molar-refractivity contribution is 0.0973. The number of fused-ring (bicyclic) bond motifs is 1. The third-order valence-electron chi connectivity index (χ3n) is 6.89. The van der Waals surface area contributed by atoms with Gasteiger partial charge in [0, 0.05) is 55.7 Å². The molecule has 2 aliphatic rings. The van der Waals surface area contributed by atoms with Crippen LogP contribution in [0.1, 0.15) is 42.9 Å². The predicted octanol–water partition coefficient (Wildman–Crippen LogP) is 3.22. The van der Waals surface area contributed by atoms with Gasteiger partial charge in [0.05, 0.1) is 10.7 Å². The second-order valence-electron chi connectivity index (χ2n) is 8.88. The molecule has 0 aliphatic carbocycles. The maximum atomic E-state index is 11.4. The first-order chi connectivity index (χ1) is 16.1. The zero-order valence-electron chi connectivity index (χ0n) is 18.5. The summed E-state index contributed by atoms with van der Waals surface area (Å²) in [4.78, 5) is 24.9. The van der Waals surface area contributed by atoms with Gasteiger partial charge in [-0.1, -0.05) is 6.07 Å². The van der Waals surface area contributed by atoms with E-state index in [-0.39, 0.29) is 6.03 Å². The van der Waals surface area contributed by atoms with E-state index in [9.17, 15) is 4.79 Å². The predicted molar refractivity (Wildman–Crippen MR) is 130 cm³/mol. The Kier molecular flexibility index (Phi) is 6.45. The molecule has 33 heavy (non-hydrogen) atoms. The first kappa shape index (κ1) is 22.1. The molecule has 3 N–H and O–H groups in total. The maximum Gasteiger partial charge on any atom is 0.314 e. The van der Waals surface area contributed by atoms with E-state index in [4.69, 9.17) is 10.7 Å². The van der Waals surface area contributed by atoms with Crippen LogP contribution >= 0.6 is 15.9 Å². The van der Waals surface area contributed by atoms with Gasteiger partial charge >= 0.3 is 6.03 Å². The van der Waals surface area contributed by atoms with E-state index in [1.165, 1.54) is 0 Å². The van der Waals surface area contributed by atoms with Crippen molar-refractivity contribution < 1.29 is 4.79 Å². The van der Waals surface area contributed by atoms with Crippen molar-refractivity contribution in [2.24, 2.45) is 5.73 Å². The van der Waals surface area contributed by atoms with E-state index >= 15 is 0 Å². The fourth-order valence-corrected chi connectivity index (χ4v) is 5.35. The van der Waals surface area contributed by atoms with Gasteiger partial charge in [-0.05, 0) is 66.3 Å². The number of carbonyl (C=O) groups excluding carboxylic acids is 1. The highest BCUT2D eigenvalue weighted by molar-refractivity contribution is 9.10. The van der Waals surface area contributed by atoms with Crippen LogP contribution in [-0.2, 0) is 6.54 Å². The second kappa shape index (κ2) is 9.64. The number of nitrogens with one attached hydrogen (secondary N) is 1. The van der Waals surface area contributed by atoms with E-state index in [0.717, 1.165) is 79.1 Å². The van der Waals surface area contributed by atoms with Crippen LogP contribution in [0.25, 0.3) is 5.65 Å². The quantitative estimate of drug-likeness (QED) is 0.543. The first-order valence-electron chi connectivity index (χ1n) is 11.5. The fraction of sp³-hybridized carbons (Fsp3) is 0.478. The molecule has 0 bridgehead atoms. The van der Waals surface area contributed by atoms with Crippen molar-refractivity contribution in [1.82, 2.24) is 29.4 Å². The van der Waals surface area contributed by atoms with Crippen LogP contribution in [0.4, 0.5) is 10.6 Å². The van der Waals surface area contributed by atoms with E-state index in [1.54, 1.807) is 17.3 Å². The highest BCUT2D eigenvalue weighted by Crippen LogP contribution is 2.32. The number of aromatic nitrogens is 4. The molecule has 0 aromatic carbocycles. The fourth-order valence-electron chi connectivity index (χ4n) is 5.00. The second-order valence-corrected chi connectivity index (χ2v) is 9.73. The Morgan fingerprint density at radius 2 is 1.94 bits per heavy atom.